The summed E-state index contributed by atoms with van der Waals surface area (Å²) in [5, 5.41) is 15.4. The highest BCUT2D eigenvalue weighted by Gasteiger charge is 2.13. The Hall–Kier alpha value is -2.20. The topological polar surface area (TPSA) is 83.6 Å². The molecule has 16 heavy (non-hydrogen) atoms. The summed E-state index contributed by atoms with van der Waals surface area (Å²) >= 11 is 1.23. The molecular formula is C9H7N5OS. The van der Waals surface area contributed by atoms with Crippen molar-refractivity contribution in [2.24, 2.45) is 7.05 Å². The number of hydrogen-bond acceptors (Lipinski definition) is 5. The molecule has 0 saturated heterocycles. The molecule has 0 fully saturated rings. The van der Waals surface area contributed by atoms with Gasteiger partial charge in [-0.05, 0) is 0 Å². The van der Waals surface area contributed by atoms with Gasteiger partial charge in [0.1, 0.15) is 16.5 Å². The number of aromatic nitrogens is 3. The standard InChI is InChI=1S/C9H7N5OS/c1-14-4-6(2-10)8(13-14)12-9(15)7-3-11-5-16-7/h3-5H,1H3,(H,12,13,15). The first-order valence-electron chi connectivity index (χ1n) is 4.34. The second kappa shape index (κ2) is 4.12. The molecule has 0 unspecified atom stereocenters. The first kappa shape index (κ1) is 10.3. The van der Waals surface area contributed by atoms with E-state index >= 15 is 0 Å². The molecular weight excluding hydrogens is 226 g/mol. The molecule has 2 aromatic heterocycles. The number of rotatable bonds is 2. The van der Waals surface area contributed by atoms with Gasteiger partial charge in [-0.15, -0.1) is 11.3 Å². The quantitative estimate of drug-likeness (QED) is 0.838. The highest BCUT2D eigenvalue weighted by molar-refractivity contribution is 7.11. The van der Waals surface area contributed by atoms with Crippen molar-refractivity contribution in [3.8, 4) is 6.07 Å². The van der Waals surface area contributed by atoms with Crippen LogP contribution in [0, 0.1) is 11.3 Å². The summed E-state index contributed by atoms with van der Waals surface area (Å²) in [6.07, 6.45) is 3.01. The van der Waals surface area contributed by atoms with E-state index in [-0.39, 0.29) is 11.7 Å². The van der Waals surface area contributed by atoms with Gasteiger partial charge in [-0.25, -0.2) is 0 Å². The fraction of sp³-hybridized carbons (Fsp3) is 0.111. The highest BCUT2D eigenvalue weighted by atomic mass is 32.1. The third-order valence-corrected chi connectivity index (χ3v) is 2.61. The normalized spacial score (nSPS) is 9.75. The minimum Gasteiger partial charge on any atom is -0.303 e. The maximum absolute atomic E-state index is 11.7. The third kappa shape index (κ3) is 1.92. The Bertz CT molecular complexity index is 551. The van der Waals surface area contributed by atoms with Crippen LogP contribution in [0.25, 0.3) is 0 Å². The van der Waals surface area contributed by atoms with E-state index in [0.29, 0.717) is 10.4 Å². The summed E-state index contributed by atoms with van der Waals surface area (Å²) < 4.78 is 1.47. The third-order valence-electron chi connectivity index (χ3n) is 1.84. The monoisotopic (exact) mass is 233 g/mol. The van der Waals surface area contributed by atoms with Crippen LogP contribution < -0.4 is 5.32 Å². The molecule has 0 aromatic carbocycles. The van der Waals surface area contributed by atoms with Crippen molar-refractivity contribution in [1.29, 1.82) is 5.26 Å². The van der Waals surface area contributed by atoms with E-state index in [0.717, 1.165) is 0 Å². The number of nitrogens with zero attached hydrogens (tertiary/aromatic N) is 4. The fourth-order valence-electron chi connectivity index (χ4n) is 1.16. The summed E-state index contributed by atoms with van der Waals surface area (Å²) in [5.41, 5.74) is 1.90. The molecule has 0 aliphatic carbocycles. The van der Waals surface area contributed by atoms with Crippen LogP contribution in [0.2, 0.25) is 0 Å². The molecule has 0 aliphatic rings. The maximum atomic E-state index is 11.7. The van der Waals surface area contributed by atoms with Gasteiger partial charge in [0.05, 0.1) is 11.7 Å². The molecule has 0 atom stereocenters. The van der Waals surface area contributed by atoms with Gasteiger partial charge in [0.15, 0.2) is 5.82 Å². The summed E-state index contributed by atoms with van der Waals surface area (Å²) in [5.74, 6) is -0.0406. The van der Waals surface area contributed by atoms with Crippen LogP contribution in [-0.4, -0.2) is 20.7 Å². The van der Waals surface area contributed by atoms with Crippen molar-refractivity contribution in [3.05, 3.63) is 28.3 Å². The van der Waals surface area contributed by atoms with Gasteiger partial charge in [-0.2, -0.15) is 10.4 Å². The minimum absolute atomic E-state index is 0.267. The van der Waals surface area contributed by atoms with Gasteiger partial charge in [0, 0.05) is 13.2 Å². The SMILES string of the molecule is Cn1cc(C#N)c(NC(=O)c2cncs2)n1. The zero-order valence-electron chi connectivity index (χ0n) is 8.34. The van der Waals surface area contributed by atoms with Gasteiger partial charge < -0.3 is 5.32 Å². The van der Waals surface area contributed by atoms with Gasteiger partial charge in [-0.1, -0.05) is 0 Å². The number of carbonyl (C=O) groups excluding carboxylic acids is 1. The van der Waals surface area contributed by atoms with E-state index in [2.05, 4.69) is 15.4 Å². The Morgan fingerprint density at radius 1 is 1.69 bits per heavy atom. The number of amides is 1. The molecule has 2 rings (SSSR count). The van der Waals surface area contributed by atoms with E-state index < -0.39 is 0 Å². The second-order valence-corrected chi connectivity index (χ2v) is 3.88. The molecule has 0 saturated carbocycles. The molecule has 0 aliphatic heterocycles. The van der Waals surface area contributed by atoms with Crippen molar-refractivity contribution in [3.63, 3.8) is 0 Å². The summed E-state index contributed by atoms with van der Waals surface area (Å²) in [4.78, 5) is 15.9. The molecule has 7 heteroatoms. The lowest BCUT2D eigenvalue weighted by atomic mass is 10.3. The second-order valence-electron chi connectivity index (χ2n) is 3.00. The number of nitriles is 1. The zero-order chi connectivity index (χ0) is 11.5. The highest BCUT2D eigenvalue weighted by Crippen LogP contribution is 2.13. The lowest BCUT2D eigenvalue weighted by molar-refractivity contribution is 0.103. The maximum Gasteiger partial charge on any atom is 0.268 e. The van der Waals surface area contributed by atoms with Gasteiger partial charge in [0.2, 0.25) is 0 Å². The smallest absolute Gasteiger partial charge is 0.268 e. The van der Waals surface area contributed by atoms with Crippen molar-refractivity contribution >= 4 is 23.1 Å². The predicted molar refractivity (Wildman–Crippen MR) is 58.0 cm³/mol. The Kier molecular flexibility index (Phi) is 2.66. The van der Waals surface area contributed by atoms with Crippen LogP contribution in [0.15, 0.2) is 17.9 Å². The average Bonchev–Trinajstić information content (AvgIpc) is 2.87. The Morgan fingerprint density at radius 3 is 3.12 bits per heavy atom. The summed E-state index contributed by atoms with van der Waals surface area (Å²) in [6.45, 7) is 0. The average molecular weight is 233 g/mol. The molecule has 1 amide bonds. The summed E-state index contributed by atoms with van der Waals surface area (Å²) in [6, 6.07) is 1.96. The fourth-order valence-corrected chi connectivity index (χ4v) is 1.67. The molecule has 0 radical (unpaired) electrons. The van der Waals surface area contributed by atoms with Crippen LogP contribution in [-0.2, 0) is 7.05 Å². The van der Waals surface area contributed by atoms with Crippen molar-refractivity contribution in [1.82, 2.24) is 14.8 Å². The molecule has 1 N–H and O–H groups in total. The first-order valence-corrected chi connectivity index (χ1v) is 5.22. The van der Waals surface area contributed by atoms with Crippen LogP contribution in [0.1, 0.15) is 15.2 Å². The minimum atomic E-state index is -0.308. The Labute approximate surface area is 95.2 Å². The molecule has 0 bridgehead atoms. The van der Waals surface area contributed by atoms with E-state index in [4.69, 9.17) is 5.26 Å². The predicted octanol–water partition coefficient (Wildman–Crippen LogP) is 1.00. The van der Waals surface area contributed by atoms with Crippen molar-refractivity contribution in [2.75, 3.05) is 5.32 Å². The van der Waals surface area contributed by atoms with E-state index in [1.807, 2.05) is 6.07 Å². The number of anilines is 1. The number of thiazole rings is 1. The number of aryl methyl sites for hydroxylation is 1. The van der Waals surface area contributed by atoms with E-state index in [1.165, 1.54) is 22.2 Å². The molecule has 80 valence electrons. The van der Waals surface area contributed by atoms with Gasteiger partial charge in [0.25, 0.3) is 5.91 Å². The molecule has 2 heterocycles. The van der Waals surface area contributed by atoms with Crippen LogP contribution in [0.5, 0.6) is 0 Å². The molecule has 2 aromatic rings. The number of nitrogens with one attached hydrogen (secondary N) is 1. The number of carbonyl (C=O) groups is 1. The van der Waals surface area contributed by atoms with E-state index in [1.54, 1.807) is 18.8 Å². The van der Waals surface area contributed by atoms with E-state index in [9.17, 15) is 4.79 Å². The molecule has 0 spiro atoms. The van der Waals surface area contributed by atoms with Crippen molar-refractivity contribution in [2.45, 2.75) is 0 Å². The summed E-state index contributed by atoms with van der Waals surface area (Å²) in [7, 11) is 1.68. The Balaban J connectivity index is 2.22. The van der Waals surface area contributed by atoms with Crippen LogP contribution in [0.3, 0.4) is 0 Å². The Morgan fingerprint density at radius 2 is 2.50 bits per heavy atom. The van der Waals surface area contributed by atoms with Crippen LogP contribution >= 0.6 is 11.3 Å². The number of hydrogen-bond donors (Lipinski definition) is 1. The van der Waals surface area contributed by atoms with Crippen LogP contribution in [0.4, 0.5) is 5.82 Å². The van der Waals surface area contributed by atoms with Gasteiger partial charge >= 0.3 is 0 Å². The van der Waals surface area contributed by atoms with Crippen molar-refractivity contribution < 1.29 is 4.79 Å². The molecule has 6 nitrogen and oxygen atoms in total. The largest absolute Gasteiger partial charge is 0.303 e. The first-order chi connectivity index (χ1) is 7.70. The lowest BCUT2D eigenvalue weighted by Crippen LogP contribution is -2.11. The lowest BCUT2D eigenvalue weighted by Gasteiger charge is -1.98. The van der Waals surface area contributed by atoms with Gasteiger partial charge in [-0.3, -0.25) is 14.5 Å². The zero-order valence-corrected chi connectivity index (χ0v) is 9.15.